The average molecular weight is 244 g/mol. The Hall–Kier alpha value is -0.250. The first kappa shape index (κ1) is 10.3. The lowest BCUT2D eigenvalue weighted by Crippen LogP contribution is -2.07. The highest BCUT2D eigenvalue weighted by atomic mass is 35.5. The Labute approximate surface area is 97.5 Å². The fourth-order valence-corrected chi connectivity index (χ4v) is 2.43. The van der Waals surface area contributed by atoms with Gasteiger partial charge in [0.15, 0.2) is 0 Å². The second-order valence-electron chi connectivity index (χ2n) is 3.72. The molecule has 2 aromatic rings. The third-order valence-electron chi connectivity index (χ3n) is 2.09. The van der Waals surface area contributed by atoms with E-state index in [4.69, 9.17) is 11.6 Å². The summed E-state index contributed by atoms with van der Waals surface area (Å²) in [6.45, 7) is 4.08. The molecule has 4 heteroatoms. The van der Waals surface area contributed by atoms with E-state index < -0.39 is 0 Å². The van der Waals surface area contributed by atoms with Crippen molar-refractivity contribution in [3.8, 4) is 0 Å². The predicted octanol–water partition coefficient (Wildman–Crippen LogP) is 4.11. The number of pyridine rings is 1. The Morgan fingerprint density at radius 2 is 2.21 bits per heavy atom. The van der Waals surface area contributed by atoms with E-state index in [2.05, 4.69) is 23.7 Å². The van der Waals surface area contributed by atoms with Crippen LogP contribution in [0.3, 0.4) is 0 Å². The van der Waals surface area contributed by atoms with Crippen molar-refractivity contribution in [2.24, 2.45) is 0 Å². The van der Waals surface area contributed by atoms with Gasteiger partial charge in [0.2, 0.25) is 0 Å². The normalized spacial score (nSPS) is 12.3. The zero-order valence-corrected chi connectivity index (χ0v) is 10.4. The largest absolute Gasteiger partial charge is 0.245 e. The maximum atomic E-state index is 6.04. The van der Waals surface area contributed by atoms with Crippen LogP contribution in [-0.4, -0.2) is 4.98 Å². The Morgan fingerprint density at radius 1 is 1.50 bits per heavy atom. The molecule has 1 nitrogen and oxygen atoms in total. The highest BCUT2D eigenvalue weighted by Gasteiger charge is 2.16. The zero-order valence-electron chi connectivity index (χ0n) is 7.91. The van der Waals surface area contributed by atoms with Crippen LogP contribution in [0.4, 0.5) is 0 Å². The van der Waals surface area contributed by atoms with E-state index in [1.807, 2.05) is 25.4 Å². The third kappa shape index (κ3) is 1.76. The summed E-state index contributed by atoms with van der Waals surface area (Å²) in [4.78, 5) is 5.34. The van der Waals surface area contributed by atoms with E-state index >= 15 is 0 Å². The molecule has 74 valence electrons. The lowest BCUT2D eigenvalue weighted by Gasteiger charge is -2.17. The molecule has 0 aliphatic carbocycles. The first-order valence-corrected chi connectivity index (χ1v) is 5.94. The molecule has 0 aromatic carbocycles. The minimum atomic E-state index is -0.174. The van der Waals surface area contributed by atoms with Crippen LogP contribution < -0.4 is 0 Å². The first-order valence-electron chi connectivity index (χ1n) is 4.24. The Kier molecular flexibility index (Phi) is 2.50. The summed E-state index contributed by atoms with van der Waals surface area (Å²) >= 11 is 12.1. The van der Waals surface area contributed by atoms with Gasteiger partial charge in [-0.05, 0) is 25.5 Å². The molecule has 0 radical (unpaired) electrons. The molecule has 0 aliphatic heterocycles. The summed E-state index contributed by atoms with van der Waals surface area (Å²) in [7, 11) is 0. The average Bonchev–Trinajstić information content (AvgIpc) is 2.46. The number of halogens is 1. The van der Waals surface area contributed by atoms with Crippen LogP contribution in [0.5, 0.6) is 0 Å². The SMILES string of the molecule is CC(C)(S)c1cnc2scc(Cl)c2c1. The lowest BCUT2D eigenvalue weighted by molar-refractivity contribution is 0.788. The number of thiol groups is 1. The summed E-state index contributed by atoms with van der Waals surface area (Å²) in [5, 5.41) is 3.71. The van der Waals surface area contributed by atoms with Crippen molar-refractivity contribution in [2.45, 2.75) is 18.6 Å². The fourth-order valence-electron chi connectivity index (χ4n) is 1.22. The molecule has 0 fully saturated rings. The molecule has 0 saturated heterocycles. The monoisotopic (exact) mass is 243 g/mol. The van der Waals surface area contributed by atoms with Gasteiger partial charge in [-0.1, -0.05) is 11.6 Å². The van der Waals surface area contributed by atoms with Crippen molar-refractivity contribution in [3.63, 3.8) is 0 Å². The van der Waals surface area contributed by atoms with Crippen LogP contribution in [0.1, 0.15) is 19.4 Å². The molecule has 0 amide bonds. The van der Waals surface area contributed by atoms with Crippen LogP contribution in [0.25, 0.3) is 10.2 Å². The molecule has 0 unspecified atom stereocenters. The topological polar surface area (TPSA) is 12.9 Å². The predicted molar refractivity (Wildman–Crippen MR) is 66.6 cm³/mol. The number of aromatic nitrogens is 1. The van der Waals surface area contributed by atoms with E-state index in [-0.39, 0.29) is 4.75 Å². The van der Waals surface area contributed by atoms with Crippen LogP contribution in [0.2, 0.25) is 5.02 Å². The standard InChI is InChI=1S/C10H10ClNS2/c1-10(2,13)6-3-7-8(11)5-14-9(7)12-4-6/h3-5,13H,1-2H3. The number of hydrogen-bond acceptors (Lipinski definition) is 3. The summed E-state index contributed by atoms with van der Waals surface area (Å²) < 4.78 is -0.174. The third-order valence-corrected chi connectivity index (χ3v) is 3.69. The van der Waals surface area contributed by atoms with Crippen molar-refractivity contribution < 1.29 is 0 Å². The van der Waals surface area contributed by atoms with Gasteiger partial charge in [0.25, 0.3) is 0 Å². The summed E-state index contributed by atoms with van der Waals surface area (Å²) in [6.07, 6.45) is 1.86. The van der Waals surface area contributed by atoms with E-state index in [9.17, 15) is 0 Å². The zero-order chi connectivity index (χ0) is 10.3. The maximum Gasteiger partial charge on any atom is 0.124 e. The van der Waals surface area contributed by atoms with Crippen molar-refractivity contribution in [1.29, 1.82) is 0 Å². The van der Waals surface area contributed by atoms with Gasteiger partial charge >= 0.3 is 0 Å². The quantitative estimate of drug-likeness (QED) is 0.744. The number of nitrogens with zero attached hydrogens (tertiary/aromatic N) is 1. The van der Waals surface area contributed by atoms with Gasteiger partial charge in [0.05, 0.1) is 5.02 Å². The minimum absolute atomic E-state index is 0.174. The molecule has 14 heavy (non-hydrogen) atoms. The molecular formula is C10H10ClNS2. The van der Waals surface area contributed by atoms with Crippen LogP contribution in [-0.2, 0) is 4.75 Å². The first-order chi connectivity index (χ1) is 6.48. The molecular weight excluding hydrogens is 234 g/mol. The maximum absolute atomic E-state index is 6.04. The van der Waals surface area contributed by atoms with Crippen LogP contribution in [0.15, 0.2) is 17.6 Å². The van der Waals surface area contributed by atoms with E-state index in [1.165, 1.54) is 0 Å². The van der Waals surface area contributed by atoms with Gasteiger partial charge in [0, 0.05) is 21.7 Å². The van der Waals surface area contributed by atoms with Crippen molar-refractivity contribution in [1.82, 2.24) is 4.98 Å². The molecule has 0 atom stereocenters. The summed E-state index contributed by atoms with van der Waals surface area (Å²) in [5.41, 5.74) is 1.09. The molecule has 0 saturated carbocycles. The van der Waals surface area contributed by atoms with Gasteiger partial charge < -0.3 is 0 Å². The number of thiophene rings is 1. The number of hydrogen-bond donors (Lipinski definition) is 1. The van der Waals surface area contributed by atoms with Crippen LogP contribution >= 0.6 is 35.6 Å². The number of rotatable bonds is 1. The number of fused-ring (bicyclic) bond motifs is 1. The highest BCUT2D eigenvalue weighted by molar-refractivity contribution is 7.81. The highest BCUT2D eigenvalue weighted by Crippen LogP contribution is 2.33. The van der Waals surface area contributed by atoms with E-state index in [1.54, 1.807) is 11.3 Å². The van der Waals surface area contributed by atoms with Gasteiger partial charge in [-0.3, -0.25) is 0 Å². The van der Waals surface area contributed by atoms with Crippen LogP contribution in [0, 0.1) is 0 Å². The fraction of sp³-hybridized carbons (Fsp3) is 0.300. The van der Waals surface area contributed by atoms with Gasteiger partial charge in [0.1, 0.15) is 4.83 Å². The van der Waals surface area contributed by atoms with Gasteiger partial charge in [-0.2, -0.15) is 12.6 Å². The second kappa shape index (κ2) is 3.40. The molecule has 0 spiro atoms. The van der Waals surface area contributed by atoms with Crippen molar-refractivity contribution >= 4 is 45.8 Å². The Balaban J connectivity index is 2.66. The van der Waals surface area contributed by atoms with E-state index in [0.717, 1.165) is 20.8 Å². The molecule has 0 bridgehead atoms. The van der Waals surface area contributed by atoms with E-state index in [0.29, 0.717) is 0 Å². The molecule has 0 aliphatic rings. The molecule has 2 rings (SSSR count). The smallest absolute Gasteiger partial charge is 0.124 e. The minimum Gasteiger partial charge on any atom is -0.245 e. The Bertz CT molecular complexity index is 470. The second-order valence-corrected chi connectivity index (χ2v) is 6.10. The summed E-state index contributed by atoms with van der Waals surface area (Å²) in [5.74, 6) is 0. The van der Waals surface area contributed by atoms with Crippen molar-refractivity contribution in [3.05, 3.63) is 28.2 Å². The Morgan fingerprint density at radius 3 is 2.86 bits per heavy atom. The lowest BCUT2D eigenvalue weighted by atomic mass is 10.0. The van der Waals surface area contributed by atoms with Gasteiger partial charge in [-0.15, -0.1) is 11.3 Å². The molecule has 0 N–H and O–H groups in total. The molecule has 2 aromatic heterocycles. The van der Waals surface area contributed by atoms with Gasteiger partial charge in [-0.25, -0.2) is 4.98 Å². The van der Waals surface area contributed by atoms with Crippen molar-refractivity contribution in [2.75, 3.05) is 0 Å². The summed E-state index contributed by atoms with van der Waals surface area (Å²) in [6, 6.07) is 2.06. The molecule has 2 heterocycles.